The van der Waals surface area contributed by atoms with Gasteiger partial charge < -0.3 is 4.57 Å². The van der Waals surface area contributed by atoms with Crippen molar-refractivity contribution in [3.63, 3.8) is 0 Å². The van der Waals surface area contributed by atoms with Crippen LogP contribution >= 0.6 is 0 Å². The molecule has 0 bridgehead atoms. The summed E-state index contributed by atoms with van der Waals surface area (Å²) in [7, 11) is 0. The highest BCUT2D eigenvalue weighted by molar-refractivity contribution is 5.99. The Morgan fingerprint density at radius 1 is 1.41 bits per heavy atom. The van der Waals surface area contributed by atoms with Crippen molar-refractivity contribution in [2.45, 2.75) is 45.1 Å². The Balaban J connectivity index is 1.74. The van der Waals surface area contributed by atoms with E-state index >= 15 is 0 Å². The third-order valence-corrected chi connectivity index (χ3v) is 3.31. The van der Waals surface area contributed by atoms with E-state index in [0.717, 1.165) is 31.4 Å². The van der Waals surface area contributed by atoms with E-state index in [4.69, 9.17) is 0 Å². The largest absolute Gasteiger partial charge is 0.354 e. The number of ketones is 1. The third-order valence-electron chi connectivity index (χ3n) is 3.31. The molecule has 1 aliphatic rings. The summed E-state index contributed by atoms with van der Waals surface area (Å²) in [6.45, 7) is 4.74. The van der Waals surface area contributed by atoms with E-state index < -0.39 is 0 Å². The molecule has 1 heterocycles. The molecule has 0 amide bonds. The lowest BCUT2D eigenvalue weighted by atomic mass is 10.1. The second kappa shape index (κ2) is 5.85. The molecule has 0 atom stereocenters. The molecule has 0 N–H and O–H groups in total. The lowest BCUT2D eigenvalue weighted by Crippen LogP contribution is -2.00. The molecule has 1 fully saturated rings. The first kappa shape index (κ1) is 12.2. The van der Waals surface area contributed by atoms with Crippen molar-refractivity contribution < 1.29 is 4.79 Å². The Labute approximate surface area is 103 Å². The second-order valence-corrected chi connectivity index (χ2v) is 4.91. The molecule has 1 aliphatic carbocycles. The maximum Gasteiger partial charge on any atom is 0.167 e. The summed E-state index contributed by atoms with van der Waals surface area (Å²) in [5, 5.41) is 0. The van der Waals surface area contributed by atoms with Crippen LogP contribution in [0.15, 0.2) is 31.1 Å². The van der Waals surface area contributed by atoms with E-state index in [0.29, 0.717) is 11.7 Å². The molecule has 1 aromatic heterocycles. The summed E-state index contributed by atoms with van der Waals surface area (Å²) in [6.07, 6.45) is 12.9. The zero-order valence-corrected chi connectivity index (χ0v) is 10.4. The van der Waals surface area contributed by atoms with Gasteiger partial charge in [0.15, 0.2) is 5.78 Å². The summed E-state index contributed by atoms with van der Waals surface area (Å²) >= 11 is 0. The number of allylic oxidation sites excluding steroid dienone is 1. The van der Waals surface area contributed by atoms with Gasteiger partial charge in [0.05, 0.1) is 0 Å². The van der Waals surface area contributed by atoms with Crippen molar-refractivity contribution in [1.29, 1.82) is 0 Å². The zero-order chi connectivity index (χ0) is 12.1. The van der Waals surface area contributed by atoms with Crippen LogP contribution < -0.4 is 0 Å². The highest BCUT2D eigenvalue weighted by atomic mass is 16.1. The van der Waals surface area contributed by atoms with Crippen molar-refractivity contribution >= 4 is 5.78 Å². The Kier molecular flexibility index (Phi) is 4.18. The third kappa shape index (κ3) is 3.58. The average Bonchev–Trinajstić information content (AvgIpc) is 3.08. The molecular weight excluding hydrogens is 210 g/mol. The highest BCUT2D eigenvalue weighted by Crippen LogP contribution is 2.32. The molecule has 0 aliphatic heterocycles. The highest BCUT2D eigenvalue weighted by Gasteiger charge is 2.30. The predicted octanol–water partition coefficient (Wildman–Crippen LogP) is 3.83. The summed E-state index contributed by atoms with van der Waals surface area (Å²) < 4.78 is 2.14. The molecule has 1 saturated carbocycles. The van der Waals surface area contributed by atoms with Crippen LogP contribution in [-0.4, -0.2) is 10.4 Å². The van der Waals surface area contributed by atoms with Crippen molar-refractivity contribution in [3.05, 3.63) is 36.7 Å². The van der Waals surface area contributed by atoms with Gasteiger partial charge in [-0.2, -0.15) is 0 Å². The van der Waals surface area contributed by atoms with Gasteiger partial charge >= 0.3 is 0 Å². The SMILES string of the molecule is C=CCCCCCn1ccc(C(=O)C2CC2)c1. The Hall–Kier alpha value is -1.31. The molecule has 2 heteroatoms. The molecule has 0 radical (unpaired) electrons. The summed E-state index contributed by atoms with van der Waals surface area (Å²) in [5.74, 6) is 0.675. The van der Waals surface area contributed by atoms with Crippen LogP contribution in [0.1, 0.15) is 48.9 Å². The van der Waals surface area contributed by atoms with Gasteiger partial charge in [0.25, 0.3) is 0 Å². The minimum atomic E-state index is 0.332. The van der Waals surface area contributed by atoms with Crippen LogP contribution in [0.25, 0.3) is 0 Å². The van der Waals surface area contributed by atoms with E-state index in [1.807, 2.05) is 24.5 Å². The van der Waals surface area contributed by atoms with Gasteiger partial charge in [0, 0.05) is 30.4 Å². The van der Waals surface area contributed by atoms with Gasteiger partial charge in [-0.1, -0.05) is 12.5 Å². The first-order chi connectivity index (χ1) is 8.31. The molecular formula is C15H21NO. The maximum absolute atomic E-state index is 11.8. The summed E-state index contributed by atoms with van der Waals surface area (Å²) in [4.78, 5) is 11.8. The molecule has 2 nitrogen and oxygen atoms in total. The number of rotatable bonds is 8. The Morgan fingerprint density at radius 2 is 2.24 bits per heavy atom. The van der Waals surface area contributed by atoms with Crippen LogP contribution in [0.3, 0.4) is 0 Å². The molecule has 1 aromatic rings. The lowest BCUT2D eigenvalue weighted by molar-refractivity contribution is 0.0967. The number of hydrogen-bond acceptors (Lipinski definition) is 1. The van der Waals surface area contributed by atoms with Gasteiger partial charge in [0.1, 0.15) is 0 Å². The minimum Gasteiger partial charge on any atom is -0.354 e. The fourth-order valence-electron chi connectivity index (χ4n) is 2.07. The normalized spacial score (nSPS) is 14.8. The van der Waals surface area contributed by atoms with Gasteiger partial charge in [-0.3, -0.25) is 4.79 Å². The predicted molar refractivity (Wildman–Crippen MR) is 70.2 cm³/mol. The molecule has 92 valence electrons. The van der Waals surface area contributed by atoms with E-state index in [-0.39, 0.29) is 0 Å². The maximum atomic E-state index is 11.8. The monoisotopic (exact) mass is 231 g/mol. The number of carbonyl (C=O) groups is 1. The molecule has 0 saturated heterocycles. The zero-order valence-electron chi connectivity index (χ0n) is 10.4. The average molecular weight is 231 g/mol. The van der Waals surface area contributed by atoms with Crippen molar-refractivity contribution in [2.75, 3.05) is 0 Å². The fraction of sp³-hybridized carbons (Fsp3) is 0.533. The summed E-state index contributed by atoms with van der Waals surface area (Å²) in [6, 6.07) is 1.96. The van der Waals surface area contributed by atoms with E-state index in [1.54, 1.807) is 0 Å². The number of aromatic nitrogens is 1. The number of carbonyl (C=O) groups excluding carboxylic acids is 1. The Morgan fingerprint density at radius 3 is 2.94 bits per heavy atom. The first-order valence-corrected chi connectivity index (χ1v) is 6.62. The van der Waals surface area contributed by atoms with Crippen molar-refractivity contribution in [3.8, 4) is 0 Å². The van der Waals surface area contributed by atoms with Crippen molar-refractivity contribution in [2.24, 2.45) is 5.92 Å². The van der Waals surface area contributed by atoms with Gasteiger partial charge in [0.2, 0.25) is 0 Å². The molecule has 0 unspecified atom stereocenters. The van der Waals surface area contributed by atoms with Crippen molar-refractivity contribution in [1.82, 2.24) is 4.57 Å². The smallest absolute Gasteiger partial charge is 0.167 e. The second-order valence-electron chi connectivity index (χ2n) is 4.91. The fourth-order valence-corrected chi connectivity index (χ4v) is 2.07. The Bertz CT molecular complexity index is 387. The van der Waals surface area contributed by atoms with E-state index in [9.17, 15) is 4.79 Å². The minimum absolute atomic E-state index is 0.332. The van der Waals surface area contributed by atoms with E-state index in [1.165, 1.54) is 19.3 Å². The van der Waals surface area contributed by atoms with Gasteiger partial charge in [-0.25, -0.2) is 0 Å². The van der Waals surface area contributed by atoms with Crippen LogP contribution in [0.2, 0.25) is 0 Å². The number of Topliss-reactive ketones (excluding diaryl/α,β-unsaturated/α-hetero) is 1. The summed E-state index contributed by atoms with van der Waals surface area (Å²) in [5.41, 5.74) is 0.901. The quantitative estimate of drug-likeness (QED) is 0.378. The van der Waals surface area contributed by atoms with Crippen LogP contribution in [0, 0.1) is 5.92 Å². The van der Waals surface area contributed by atoms with Crippen LogP contribution in [0.4, 0.5) is 0 Å². The van der Waals surface area contributed by atoms with Gasteiger partial charge in [-0.15, -0.1) is 6.58 Å². The van der Waals surface area contributed by atoms with Gasteiger partial charge in [-0.05, 0) is 38.2 Å². The standard InChI is InChI=1S/C15H21NO/c1-2-3-4-5-6-10-16-11-9-14(12-16)15(17)13-7-8-13/h2,9,11-13H,1,3-8,10H2. The number of hydrogen-bond donors (Lipinski definition) is 0. The molecule has 0 aromatic carbocycles. The van der Waals surface area contributed by atoms with Crippen LogP contribution in [-0.2, 0) is 6.54 Å². The lowest BCUT2D eigenvalue weighted by Gasteiger charge is -2.01. The number of aryl methyl sites for hydroxylation is 1. The topological polar surface area (TPSA) is 22.0 Å². The van der Waals surface area contributed by atoms with E-state index in [2.05, 4.69) is 11.1 Å². The number of nitrogens with zero attached hydrogens (tertiary/aromatic N) is 1. The molecule has 0 spiro atoms. The molecule has 2 rings (SSSR count). The molecule has 17 heavy (non-hydrogen) atoms. The number of unbranched alkanes of at least 4 members (excludes halogenated alkanes) is 3. The first-order valence-electron chi connectivity index (χ1n) is 6.62. The van der Waals surface area contributed by atoms with Crippen LogP contribution in [0.5, 0.6) is 0 Å².